The Balaban J connectivity index is 1.40. The summed E-state index contributed by atoms with van der Waals surface area (Å²) in [7, 11) is 3.29. The van der Waals surface area contributed by atoms with E-state index in [0.717, 1.165) is 22.4 Å². The normalized spacial score (nSPS) is 14.3. The molecule has 0 radical (unpaired) electrons. The zero-order chi connectivity index (χ0) is 28.2. The summed E-state index contributed by atoms with van der Waals surface area (Å²) >= 11 is 0. The molecule has 0 saturated heterocycles. The summed E-state index contributed by atoms with van der Waals surface area (Å²) in [4.78, 5) is 38.8. The van der Waals surface area contributed by atoms with Gasteiger partial charge in [-0.05, 0) is 68.3 Å². The number of anilines is 1. The van der Waals surface area contributed by atoms with E-state index in [0.29, 0.717) is 23.5 Å². The van der Waals surface area contributed by atoms with Gasteiger partial charge in [-0.25, -0.2) is 4.79 Å². The second kappa shape index (κ2) is 11.4. The topological polar surface area (TPSA) is 97.0 Å². The number of hydrogen-bond donors (Lipinski definition) is 2. The van der Waals surface area contributed by atoms with Crippen molar-refractivity contribution in [2.24, 2.45) is 0 Å². The number of fused-ring (bicyclic) bond motifs is 1. The summed E-state index contributed by atoms with van der Waals surface area (Å²) in [5, 5.41) is 5.56. The Hall–Kier alpha value is -4.59. The average molecular weight is 528 g/mol. The lowest BCUT2D eigenvalue weighted by Gasteiger charge is -2.25. The fraction of sp³-hybridized carbons (Fsp3) is 0.258. The Labute approximate surface area is 228 Å². The van der Waals surface area contributed by atoms with Crippen molar-refractivity contribution in [2.45, 2.75) is 38.8 Å². The number of carbonyl (C=O) groups is 3. The highest BCUT2D eigenvalue weighted by atomic mass is 16.6. The average Bonchev–Trinajstić information content (AvgIpc) is 3.19. The molecule has 1 heterocycles. The van der Waals surface area contributed by atoms with Gasteiger partial charge in [0.15, 0.2) is 0 Å². The lowest BCUT2D eigenvalue weighted by molar-refractivity contribution is -0.130. The monoisotopic (exact) mass is 527 g/mol. The zero-order valence-electron chi connectivity index (χ0n) is 22.8. The van der Waals surface area contributed by atoms with Gasteiger partial charge in [0.25, 0.3) is 5.91 Å². The minimum atomic E-state index is -0.766. The molecule has 2 N–H and O–H groups in total. The third kappa shape index (κ3) is 7.25. The summed E-state index contributed by atoms with van der Waals surface area (Å²) < 4.78 is 11.3. The molecule has 1 aliphatic heterocycles. The first-order valence-corrected chi connectivity index (χ1v) is 12.7. The molecule has 3 aromatic carbocycles. The molecule has 0 saturated carbocycles. The molecule has 3 amide bonds. The first-order valence-electron chi connectivity index (χ1n) is 12.7. The molecular weight excluding hydrogens is 494 g/mol. The van der Waals surface area contributed by atoms with Crippen molar-refractivity contribution in [3.8, 4) is 11.5 Å². The molecule has 8 heteroatoms. The van der Waals surface area contributed by atoms with E-state index in [1.165, 1.54) is 4.90 Å². The van der Waals surface area contributed by atoms with Gasteiger partial charge in [0.05, 0.1) is 0 Å². The fourth-order valence-corrected chi connectivity index (χ4v) is 4.11. The van der Waals surface area contributed by atoms with Crippen LogP contribution >= 0.6 is 0 Å². The van der Waals surface area contributed by atoms with Crippen molar-refractivity contribution in [1.29, 1.82) is 0 Å². The van der Waals surface area contributed by atoms with Gasteiger partial charge >= 0.3 is 6.09 Å². The van der Waals surface area contributed by atoms with Gasteiger partial charge in [-0.15, -0.1) is 0 Å². The van der Waals surface area contributed by atoms with Gasteiger partial charge in [0.2, 0.25) is 5.91 Å². The van der Waals surface area contributed by atoms with E-state index in [-0.39, 0.29) is 11.8 Å². The smallest absolute Gasteiger partial charge is 0.408 e. The van der Waals surface area contributed by atoms with Crippen molar-refractivity contribution >= 4 is 35.2 Å². The summed E-state index contributed by atoms with van der Waals surface area (Å²) in [6, 6.07) is 21.7. The maximum Gasteiger partial charge on any atom is 0.408 e. The lowest BCUT2D eigenvalue weighted by atomic mass is 10.0. The van der Waals surface area contributed by atoms with E-state index in [1.807, 2.05) is 78.9 Å². The highest BCUT2D eigenvalue weighted by molar-refractivity contribution is 6.34. The third-order valence-electron chi connectivity index (χ3n) is 5.93. The molecule has 8 nitrogen and oxygen atoms in total. The number of alkyl carbamates (subject to hydrolysis) is 1. The molecule has 0 bridgehead atoms. The van der Waals surface area contributed by atoms with Crippen molar-refractivity contribution in [3.63, 3.8) is 0 Å². The summed E-state index contributed by atoms with van der Waals surface area (Å²) in [6.45, 7) is 5.31. The van der Waals surface area contributed by atoms with Gasteiger partial charge in [0, 0.05) is 37.3 Å². The van der Waals surface area contributed by atoms with E-state index in [1.54, 1.807) is 34.9 Å². The van der Waals surface area contributed by atoms with Crippen molar-refractivity contribution in [1.82, 2.24) is 10.2 Å². The quantitative estimate of drug-likeness (QED) is 0.396. The minimum Gasteiger partial charge on any atom is -0.457 e. The number of likely N-dealkylation sites (N-methyl/N-ethyl adjacent to an activating group) is 1. The number of nitrogens with one attached hydrogen (secondary N) is 2. The molecule has 202 valence electrons. The fourth-order valence-electron chi connectivity index (χ4n) is 4.11. The van der Waals surface area contributed by atoms with Crippen molar-refractivity contribution in [2.75, 3.05) is 19.4 Å². The third-order valence-corrected chi connectivity index (χ3v) is 5.93. The Bertz CT molecular complexity index is 1390. The van der Waals surface area contributed by atoms with Gasteiger partial charge in [0.1, 0.15) is 23.1 Å². The van der Waals surface area contributed by atoms with Crippen LogP contribution in [0.1, 0.15) is 37.5 Å². The SMILES string of the molecule is CN(C)C(=O)[C@H](Cc1ccc(Oc2ccc(C=C3C(=O)Nc4ccccc43)cc2)cc1)NC(=O)OC(C)(C)C. The molecule has 0 aliphatic carbocycles. The summed E-state index contributed by atoms with van der Waals surface area (Å²) in [5.41, 5.74) is 3.40. The number of para-hydroxylation sites is 1. The molecule has 1 aliphatic rings. The van der Waals surface area contributed by atoms with Crippen molar-refractivity contribution in [3.05, 3.63) is 89.5 Å². The maximum atomic E-state index is 12.7. The Morgan fingerprint density at radius 3 is 2.18 bits per heavy atom. The van der Waals surface area contributed by atoms with Crippen molar-refractivity contribution < 1.29 is 23.9 Å². The highest BCUT2D eigenvalue weighted by Gasteiger charge is 2.26. The zero-order valence-corrected chi connectivity index (χ0v) is 22.8. The van der Waals surface area contributed by atoms with Crippen LogP contribution in [0.2, 0.25) is 0 Å². The van der Waals surface area contributed by atoms with Crippen LogP contribution in [0.5, 0.6) is 11.5 Å². The number of ether oxygens (including phenoxy) is 2. The number of nitrogens with zero attached hydrogens (tertiary/aromatic N) is 1. The van der Waals surface area contributed by atoms with Crippen LogP contribution in [-0.2, 0) is 20.7 Å². The first kappa shape index (κ1) is 27.4. The predicted molar refractivity (Wildman–Crippen MR) is 151 cm³/mol. The van der Waals surface area contributed by atoms with Crippen LogP contribution in [-0.4, -0.2) is 48.5 Å². The van der Waals surface area contributed by atoms with Crippen LogP contribution in [0, 0.1) is 0 Å². The van der Waals surface area contributed by atoms with Crippen LogP contribution in [0.4, 0.5) is 10.5 Å². The van der Waals surface area contributed by atoms with E-state index < -0.39 is 17.7 Å². The Kier molecular flexibility index (Phi) is 8.04. The number of carbonyl (C=O) groups excluding carboxylic acids is 3. The number of hydrogen-bond acceptors (Lipinski definition) is 5. The van der Waals surface area contributed by atoms with Crippen LogP contribution in [0.3, 0.4) is 0 Å². The summed E-state index contributed by atoms with van der Waals surface area (Å²) in [6.07, 6.45) is 1.52. The Morgan fingerprint density at radius 2 is 1.56 bits per heavy atom. The largest absolute Gasteiger partial charge is 0.457 e. The van der Waals surface area contributed by atoms with E-state index in [9.17, 15) is 14.4 Å². The molecule has 0 spiro atoms. The molecular formula is C31H33N3O5. The van der Waals surface area contributed by atoms with E-state index in [4.69, 9.17) is 9.47 Å². The van der Waals surface area contributed by atoms with Crippen LogP contribution < -0.4 is 15.4 Å². The van der Waals surface area contributed by atoms with Crippen LogP contribution in [0.15, 0.2) is 72.8 Å². The first-order chi connectivity index (χ1) is 18.5. The molecule has 4 rings (SSSR count). The number of rotatable bonds is 7. The lowest BCUT2D eigenvalue weighted by Crippen LogP contribution is -2.48. The van der Waals surface area contributed by atoms with Gasteiger partial charge < -0.3 is 25.0 Å². The maximum absolute atomic E-state index is 12.7. The standard InChI is InChI=1S/C31H33N3O5/c1-31(2,3)39-30(37)33-27(29(36)34(4)5)19-21-12-16-23(17-13-21)38-22-14-10-20(11-15-22)18-25-24-8-6-7-9-26(24)32-28(25)35/h6-18,27H,19H2,1-5H3,(H,32,35)(H,33,37)/t27-/m0/s1. The molecule has 39 heavy (non-hydrogen) atoms. The molecule has 0 fully saturated rings. The number of amides is 3. The Morgan fingerprint density at radius 1 is 0.949 bits per heavy atom. The van der Waals surface area contributed by atoms with Gasteiger partial charge in [-0.1, -0.05) is 42.5 Å². The van der Waals surface area contributed by atoms with E-state index >= 15 is 0 Å². The number of benzene rings is 3. The van der Waals surface area contributed by atoms with Gasteiger partial charge in [-0.3, -0.25) is 9.59 Å². The van der Waals surface area contributed by atoms with Gasteiger partial charge in [-0.2, -0.15) is 0 Å². The predicted octanol–water partition coefficient (Wildman–Crippen LogP) is 5.50. The molecule has 1 atom stereocenters. The minimum absolute atomic E-state index is 0.118. The van der Waals surface area contributed by atoms with E-state index in [2.05, 4.69) is 10.6 Å². The second-order valence-corrected chi connectivity index (χ2v) is 10.5. The second-order valence-electron chi connectivity index (χ2n) is 10.5. The molecule has 3 aromatic rings. The molecule has 0 aromatic heterocycles. The summed E-state index contributed by atoms with van der Waals surface area (Å²) in [5.74, 6) is 0.931. The molecule has 0 unspecified atom stereocenters. The highest BCUT2D eigenvalue weighted by Crippen LogP contribution is 2.33. The van der Waals surface area contributed by atoms with Crippen LogP contribution in [0.25, 0.3) is 11.6 Å².